The van der Waals surface area contributed by atoms with E-state index in [9.17, 15) is 5.26 Å². The zero-order chi connectivity index (χ0) is 20.0. The van der Waals surface area contributed by atoms with Crippen molar-refractivity contribution in [2.45, 2.75) is 20.0 Å². The number of methoxy groups -OCH3 is 3. The summed E-state index contributed by atoms with van der Waals surface area (Å²) in [5.74, 6) is 2.40. The van der Waals surface area contributed by atoms with Gasteiger partial charge in [0.2, 0.25) is 0 Å². The molecule has 27 heavy (non-hydrogen) atoms. The second-order valence-corrected chi connectivity index (χ2v) is 6.79. The van der Waals surface area contributed by atoms with Gasteiger partial charge in [-0.15, -0.1) is 0 Å². The van der Waals surface area contributed by atoms with Crippen LogP contribution in [0.5, 0.6) is 23.0 Å². The summed E-state index contributed by atoms with van der Waals surface area (Å²) in [4.78, 5) is 0. The normalized spacial score (nSPS) is 11.1. The zero-order valence-corrected chi connectivity index (χ0v) is 17.6. The molecule has 0 atom stereocenters. The third kappa shape index (κ3) is 4.95. The first kappa shape index (κ1) is 20.7. The Bertz CT molecular complexity index is 884. The molecule has 0 aliphatic rings. The highest BCUT2D eigenvalue weighted by Gasteiger charge is 2.14. The summed E-state index contributed by atoms with van der Waals surface area (Å²) in [7, 11) is 4.72. The lowest BCUT2D eigenvalue weighted by Gasteiger charge is -2.16. The second-order valence-electron chi connectivity index (χ2n) is 5.94. The van der Waals surface area contributed by atoms with Crippen LogP contribution in [0.3, 0.4) is 0 Å². The van der Waals surface area contributed by atoms with Gasteiger partial charge in [-0.1, -0.05) is 0 Å². The first-order chi connectivity index (χ1) is 12.9. The third-order valence-corrected chi connectivity index (χ3v) is 4.32. The van der Waals surface area contributed by atoms with Crippen LogP contribution in [0.25, 0.3) is 11.6 Å². The molecule has 0 bridgehead atoms. The molecule has 0 amide bonds. The van der Waals surface area contributed by atoms with Crippen LogP contribution in [-0.4, -0.2) is 27.4 Å². The summed E-state index contributed by atoms with van der Waals surface area (Å²) >= 11 is 3.52. The van der Waals surface area contributed by atoms with E-state index in [0.29, 0.717) is 28.6 Å². The summed E-state index contributed by atoms with van der Waals surface area (Å²) in [6.07, 6.45) is 1.80. The van der Waals surface area contributed by atoms with Gasteiger partial charge in [0.05, 0.1) is 43.5 Å². The molecule has 6 heteroatoms. The van der Waals surface area contributed by atoms with E-state index in [4.69, 9.17) is 18.9 Å². The molecule has 5 nitrogen and oxygen atoms in total. The monoisotopic (exact) mass is 431 g/mol. The van der Waals surface area contributed by atoms with Crippen LogP contribution in [-0.2, 0) is 0 Å². The first-order valence-electron chi connectivity index (χ1n) is 8.31. The number of nitrogens with zero attached hydrogens (tertiary/aromatic N) is 1. The van der Waals surface area contributed by atoms with E-state index in [2.05, 4.69) is 22.0 Å². The van der Waals surface area contributed by atoms with Crippen molar-refractivity contribution in [3.8, 4) is 29.1 Å². The van der Waals surface area contributed by atoms with Gasteiger partial charge in [-0.2, -0.15) is 5.26 Å². The maximum Gasteiger partial charge on any atom is 0.175 e. The van der Waals surface area contributed by atoms with Gasteiger partial charge in [0, 0.05) is 0 Å². The van der Waals surface area contributed by atoms with Gasteiger partial charge in [0.15, 0.2) is 23.0 Å². The molecule has 0 saturated heterocycles. The highest BCUT2D eigenvalue weighted by Crippen LogP contribution is 2.38. The predicted molar refractivity (Wildman–Crippen MR) is 109 cm³/mol. The molecule has 2 aromatic carbocycles. The summed E-state index contributed by atoms with van der Waals surface area (Å²) in [5, 5.41) is 9.64. The highest BCUT2D eigenvalue weighted by atomic mass is 79.9. The topological polar surface area (TPSA) is 60.7 Å². The van der Waals surface area contributed by atoms with Crippen molar-refractivity contribution < 1.29 is 18.9 Å². The zero-order valence-electron chi connectivity index (χ0n) is 16.0. The van der Waals surface area contributed by atoms with E-state index in [0.717, 1.165) is 15.6 Å². The number of halogens is 1. The van der Waals surface area contributed by atoms with Gasteiger partial charge >= 0.3 is 0 Å². The van der Waals surface area contributed by atoms with Gasteiger partial charge < -0.3 is 18.9 Å². The molecule has 0 unspecified atom stereocenters. The van der Waals surface area contributed by atoms with Crippen molar-refractivity contribution in [3.05, 3.63) is 45.9 Å². The van der Waals surface area contributed by atoms with Crippen molar-refractivity contribution in [2.75, 3.05) is 21.3 Å². The van der Waals surface area contributed by atoms with Crippen LogP contribution in [0.15, 0.2) is 34.8 Å². The Balaban J connectivity index is 2.49. The summed E-state index contributed by atoms with van der Waals surface area (Å²) in [6, 6.07) is 11.3. The van der Waals surface area contributed by atoms with Crippen molar-refractivity contribution in [3.63, 3.8) is 0 Å². The number of nitriles is 1. The molecule has 0 heterocycles. The van der Waals surface area contributed by atoms with Crippen molar-refractivity contribution >= 4 is 27.6 Å². The smallest absolute Gasteiger partial charge is 0.175 e. The molecular weight excluding hydrogens is 410 g/mol. The molecule has 2 aromatic rings. The maximum atomic E-state index is 9.64. The van der Waals surface area contributed by atoms with E-state index in [1.165, 1.54) is 0 Å². The Morgan fingerprint density at radius 1 is 1.00 bits per heavy atom. The average Bonchev–Trinajstić information content (AvgIpc) is 2.66. The largest absolute Gasteiger partial charge is 0.493 e. The molecular formula is C21H22BrNO4. The van der Waals surface area contributed by atoms with Crippen molar-refractivity contribution in [1.82, 2.24) is 0 Å². The SMILES string of the molecule is COc1ccc(/C(C#N)=C/c2cc(Br)c(OC(C)C)c(OC)c2)cc1OC. The number of hydrogen-bond acceptors (Lipinski definition) is 5. The van der Waals surface area contributed by atoms with Crippen LogP contribution in [0.4, 0.5) is 0 Å². The third-order valence-electron chi connectivity index (χ3n) is 3.73. The molecule has 0 aliphatic carbocycles. The minimum Gasteiger partial charge on any atom is -0.493 e. The number of rotatable bonds is 7. The van der Waals surface area contributed by atoms with E-state index in [1.54, 1.807) is 39.5 Å². The number of allylic oxidation sites excluding steroid dienone is 1. The standard InChI is InChI=1S/C21H22BrNO4/c1-13(2)27-21-17(22)9-14(10-20(21)26-5)8-16(12-23)15-6-7-18(24-3)19(11-15)25-4/h6-11,13H,1-5H3/b16-8+. The fraction of sp³-hybridized carbons (Fsp3) is 0.286. The molecule has 0 saturated carbocycles. The number of ether oxygens (including phenoxy) is 4. The summed E-state index contributed by atoms with van der Waals surface area (Å²) in [6.45, 7) is 3.90. The number of hydrogen-bond donors (Lipinski definition) is 0. The van der Waals surface area contributed by atoms with E-state index >= 15 is 0 Å². The quantitative estimate of drug-likeness (QED) is 0.438. The van der Waals surface area contributed by atoms with E-state index in [-0.39, 0.29) is 6.10 Å². The van der Waals surface area contributed by atoms with Crippen LogP contribution < -0.4 is 18.9 Å². The molecule has 0 aliphatic heterocycles. The van der Waals surface area contributed by atoms with Gasteiger partial charge in [0.1, 0.15) is 0 Å². The molecule has 0 fully saturated rings. The van der Waals surface area contributed by atoms with Crippen LogP contribution in [0.2, 0.25) is 0 Å². The molecule has 0 aromatic heterocycles. The fourth-order valence-corrected chi connectivity index (χ4v) is 3.08. The fourth-order valence-electron chi connectivity index (χ4n) is 2.52. The molecule has 0 radical (unpaired) electrons. The molecule has 0 N–H and O–H groups in total. The minimum atomic E-state index is 0.0121. The Kier molecular flexibility index (Phi) is 7.14. The van der Waals surface area contributed by atoms with Crippen LogP contribution in [0, 0.1) is 11.3 Å². The average molecular weight is 432 g/mol. The lowest BCUT2D eigenvalue weighted by atomic mass is 10.0. The molecule has 0 spiro atoms. The van der Waals surface area contributed by atoms with Gasteiger partial charge in [-0.3, -0.25) is 0 Å². The van der Waals surface area contributed by atoms with Crippen molar-refractivity contribution in [1.29, 1.82) is 5.26 Å². The molecule has 142 valence electrons. The summed E-state index contributed by atoms with van der Waals surface area (Å²) < 4.78 is 22.6. The van der Waals surface area contributed by atoms with Gasteiger partial charge in [-0.25, -0.2) is 0 Å². The Morgan fingerprint density at radius 3 is 2.22 bits per heavy atom. The highest BCUT2D eigenvalue weighted by molar-refractivity contribution is 9.10. The predicted octanol–water partition coefficient (Wildman–Crippen LogP) is 5.33. The lowest BCUT2D eigenvalue weighted by Crippen LogP contribution is -2.07. The second kappa shape index (κ2) is 9.33. The van der Waals surface area contributed by atoms with E-state index in [1.807, 2.05) is 32.0 Å². The Hall–Kier alpha value is -2.65. The van der Waals surface area contributed by atoms with Crippen LogP contribution in [0.1, 0.15) is 25.0 Å². The Labute approximate surface area is 168 Å². The minimum absolute atomic E-state index is 0.0121. The van der Waals surface area contributed by atoms with Crippen LogP contribution >= 0.6 is 15.9 Å². The lowest BCUT2D eigenvalue weighted by molar-refractivity contribution is 0.228. The van der Waals surface area contributed by atoms with Gasteiger partial charge in [0.25, 0.3) is 0 Å². The Morgan fingerprint density at radius 2 is 1.67 bits per heavy atom. The molecule has 2 rings (SSSR count). The maximum absolute atomic E-state index is 9.64. The van der Waals surface area contributed by atoms with Crippen molar-refractivity contribution in [2.24, 2.45) is 0 Å². The van der Waals surface area contributed by atoms with E-state index < -0.39 is 0 Å². The first-order valence-corrected chi connectivity index (χ1v) is 9.11. The van der Waals surface area contributed by atoms with Gasteiger partial charge in [-0.05, 0) is 77.3 Å². The summed E-state index contributed by atoms with van der Waals surface area (Å²) in [5.41, 5.74) is 2.02. The number of benzene rings is 2.